The van der Waals surface area contributed by atoms with E-state index in [1.165, 1.54) is 6.26 Å². The largest absolute Gasteiger partial charge is 0.459 e. The van der Waals surface area contributed by atoms with E-state index >= 15 is 0 Å². The third-order valence-electron chi connectivity index (χ3n) is 3.25. The van der Waals surface area contributed by atoms with Gasteiger partial charge in [-0.05, 0) is 12.1 Å². The number of hydrogen-bond donors (Lipinski definition) is 4. The minimum Gasteiger partial charge on any atom is -0.459 e. The quantitative estimate of drug-likeness (QED) is 0.541. The van der Waals surface area contributed by atoms with Gasteiger partial charge in [-0.1, -0.05) is 0 Å². The Balaban J connectivity index is 1.59. The Labute approximate surface area is 116 Å². The molecule has 2 amide bonds. The molecule has 1 aromatic rings. The Hall–Kier alpha value is -1.86. The number of aliphatic hydroxyl groups is 1. The lowest BCUT2D eigenvalue weighted by Gasteiger charge is -2.14. The molecular formula is C13H19N3O4. The van der Waals surface area contributed by atoms with Crippen molar-refractivity contribution in [1.82, 2.24) is 16.0 Å². The predicted molar refractivity (Wildman–Crippen MR) is 71.0 cm³/mol. The number of aliphatic hydroxyl groups excluding tert-OH is 1. The summed E-state index contributed by atoms with van der Waals surface area (Å²) in [6.07, 6.45) is 1.21. The molecule has 0 aromatic carbocycles. The molecule has 0 spiro atoms. The minimum absolute atomic E-state index is 0.0525. The van der Waals surface area contributed by atoms with Crippen LogP contribution in [0, 0.1) is 5.92 Å². The molecule has 1 aliphatic rings. The summed E-state index contributed by atoms with van der Waals surface area (Å²) < 4.78 is 4.93. The summed E-state index contributed by atoms with van der Waals surface area (Å²) >= 11 is 0. The van der Waals surface area contributed by atoms with Gasteiger partial charge in [0, 0.05) is 38.5 Å². The van der Waals surface area contributed by atoms with Crippen LogP contribution in [0.5, 0.6) is 0 Å². The number of β-amino-alcohol motifs (C(OH)–C–C–N with tert-alkyl or cyclic N) is 1. The highest BCUT2D eigenvalue weighted by atomic mass is 16.3. The van der Waals surface area contributed by atoms with E-state index < -0.39 is 6.10 Å². The highest BCUT2D eigenvalue weighted by molar-refractivity contribution is 5.91. The third kappa shape index (κ3) is 4.07. The number of carbonyl (C=O) groups is 2. The van der Waals surface area contributed by atoms with Crippen LogP contribution in [0.4, 0.5) is 0 Å². The zero-order valence-electron chi connectivity index (χ0n) is 11.1. The normalized spacial score (nSPS) is 21.6. The molecule has 1 fully saturated rings. The van der Waals surface area contributed by atoms with Crippen molar-refractivity contribution in [3.63, 3.8) is 0 Å². The summed E-state index contributed by atoms with van der Waals surface area (Å²) in [4.78, 5) is 23.1. The topological polar surface area (TPSA) is 104 Å². The minimum atomic E-state index is -0.408. The van der Waals surface area contributed by atoms with Crippen LogP contribution in [0.2, 0.25) is 0 Å². The van der Waals surface area contributed by atoms with Crippen LogP contribution in [0.1, 0.15) is 17.0 Å². The molecule has 7 heteroatoms. The predicted octanol–water partition coefficient (Wildman–Crippen LogP) is -0.904. The van der Waals surface area contributed by atoms with Gasteiger partial charge >= 0.3 is 0 Å². The third-order valence-corrected chi connectivity index (χ3v) is 3.25. The first-order valence-electron chi connectivity index (χ1n) is 6.64. The molecule has 4 N–H and O–H groups in total. The van der Waals surface area contributed by atoms with Crippen molar-refractivity contribution in [2.24, 2.45) is 5.92 Å². The highest BCUT2D eigenvalue weighted by Crippen LogP contribution is 2.06. The molecule has 110 valence electrons. The Bertz CT molecular complexity index is 446. The standard InChI is InChI=1S/C13H19N3O4/c17-10-8-14-6-9(10)7-16-12(18)3-4-15-13(19)11-2-1-5-20-11/h1-2,5,9-10,14,17H,3-4,6-8H2,(H,15,19)(H,16,18). The van der Waals surface area contributed by atoms with E-state index in [2.05, 4.69) is 16.0 Å². The molecule has 7 nitrogen and oxygen atoms in total. The number of amides is 2. The lowest BCUT2D eigenvalue weighted by atomic mass is 10.1. The van der Waals surface area contributed by atoms with E-state index in [0.29, 0.717) is 19.6 Å². The van der Waals surface area contributed by atoms with Crippen molar-refractivity contribution in [2.75, 3.05) is 26.2 Å². The maximum absolute atomic E-state index is 11.6. The van der Waals surface area contributed by atoms with Crippen LogP contribution in [-0.4, -0.2) is 49.2 Å². The number of nitrogens with one attached hydrogen (secondary N) is 3. The lowest BCUT2D eigenvalue weighted by molar-refractivity contribution is -0.121. The molecule has 1 aliphatic heterocycles. The summed E-state index contributed by atoms with van der Waals surface area (Å²) in [6.45, 7) is 1.96. The zero-order valence-corrected chi connectivity index (χ0v) is 11.1. The van der Waals surface area contributed by atoms with Crippen LogP contribution in [0.25, 0.3) is 0 Å². The van der Waals surface area contributed by atoms with Crippen LogP contribution in [0.3, 0.4) is 0 Å². The van der Waals surface area contributed by atoms with Gasteiger partial charge in [-0.25, -0.2) is 0 Å². The van der Waals surface area contributed by atoms with Crippen molar-refractivity contribution in [1.29, 1.82) is 0 Å². The molecule has 2 atom stereocenters. The fraction of sp³-hybridized carbons (Fsp3) is 0.538. The number of hydrogen-bond acceptors (Lipinski definition) is 5. The lowest BCUT2D eigenvalue weighted by Crippen LogP contribution is -2.36. The van der Waals surface area contributed by atoms with Crippen molar-refractivity contribution < 1.29 is 19.1 Å². The van der Waals surface area contributed by atoms with Gasteiger partial charge in [0.25, 0.3) is 5.91 Å². The average Bonchev–Trinajstić information content (AvgIpc) is 3.07. The van der Waals surface area contributed by atoms with Crippen molar-refractivity contribution in [3.05, 3.63) is 24.2 Å². The van der Waals surface area contributed by atoms with Gasteiger partial charge in [0.2, 0.25) is 5.91 Å². The Kier molecular flexibility index (Phi) is 5.14. The summed E-state index contributed by atoms with van der Waals surface area (Å²) in [6, 6.07) is 3.19. The monoisotopic (exact) mass is 281 g/mol. The van der Waals surface area contributed by atoms with E-state index in [1.807, 2.05) is 0 Å². The summed E-state index contributed by atoms with van der Waals surface area (Å²) in [5.41, 5.74) is 0. The highest BCUT2D eigenvalue weighted by Gasteiger charge is 2.24. The van der Waals surface area contributed by atoms with Gasteiger partial charge in [0.1, 0.15) is 0 Å². The summed E-state index contributed by atoms with van der Waals surface area (Å²) in [5.74, 6) is -0.204. The van der Waals surface area contributed by atoms with Gasteiger partial charge in [-0.2, -0.15) is 0 Å². The second-order valence-corrected chi connectivity index (χ2v) is 4.77. The molecule has 0 saturated carbocycles. The summed E-state index contributed by atoms with van der Waals surface area (Å²) in [7, 11) is 0. The number of rotatable bonds is 6. The van der Waals surface area contributed by atoms with Gasteiger partial charge in [-0.15, -0.1) is 0 Å². The second-order valence-electron chi connectivity index (χ2n) is 4.77. The fourth-order valence-electron chi connectivity index (χ4n) is 2.05. The molecule has 0 radical (unpaired) electrons. The first-order valence-corrected chi connectivity index (χ1v) is 6.64. The summed E-state index contributed by atoms with van der Waals surface area (Å²) in [5, 5.41) is 18.0. The Morgan fingerprint density at radius 1 is 1.40 bits per heavy atom. The molecule has 0 bridgehead atoms. The molecule has 20 heavy (non-hydrogen) atoms. The Morgan fingerprint density at radius 2 is 2.25 bits per heavy atom. The van der Waals surface area contributed by atoms with Crippen molar-refractivity contribution in [3.8, 4) is 0 Å². The number of carbonyl (C=O) groups excluding carboxylic acids is 2. The van der Waals surface area contributed by atoms with E-state index in [-0.39, 0.29) is 36.5 Å². The maximum Gasteiger partial charge on any atom is 0.286 e. The SMILES string of the molecule is O=C(CCNC(=O)c1ccco1)NCC1CNCC1O. The fourth-order valence-corrected chi connectivity index (χ4v) is 2.05. The van der Waals surface area contributed by atoms with Crippen LogP contribution < -0.4 is 16.0 Å². The Morgan fingerprint density at radius 3 is 2.90 bits per heavy atom. The first kappa shape index (κ1) is 14.5. The zero-order chi connectivity index (χ0) is 14.4. The van der Waals surface area contributed by atoms with Crippen LogP contribution in [0.15, 0.2) is 22.8 Å². The average molecular weight is 281 g/mol. The molecule has 0 aliphatic carbocycles. The van der Waals surface area contributed by atoms with Crippen molar-refractivity contribution in [2.45, 2.75) is 12.5 Å². The first-order chi connectivity index (χ1) is 9.66. The smallest absolute Gasteiger partial charge is 0.286 e. The van der Waals surface area contributed by atoms with Crippen LogP contribution >= 0.6 is 0 Å². The van der Waals surface area contributed by atoms with Gasteiger partial charge < -0.3 is 25.5 Å². The maximum atomic E-state index is 11.6. The molecule has 2 rings (SSSR count). The van der Waals surface area contributed by atoms with Gasteiger partial charge in [0.05, 0.1) is 12.4 Å². The van der Waals surface area contributed by atoms with Gasteiger partial charge in [-0.3, -0.25) is 9.59 Å². The van der Waals surface area contributed by atoms with Gasteiger partial charge in [0.15, 0.2) is 5.76 Å². The van der Waals surface area contributed by atoms with Crippen LogP contribution in [-0.2, 0) is 4.79 Å². The molecule has 2 unspecified atom stereocenters. The van der Waals surface area contributed by atoms with E-state index in [9.17, 15) is 14.7 Å². The molecule has 1 saturated heterocycles. The van der Waals surface area contributed by atoms with Crippen molar-refractivity contribution >= 4 is 11.8 Å². The molecule has 2 heterocycles. The molecular weight excluding hydrogens is 262 g/mol. The number of furan rings is 1. The van der Waals surface area contributed by atoms with E-state index in [1.54, 1.807) is 12.1 Å². The molecule has 1 aromatic heterocycles. The van der Waals surface area contributed by atoms with E-state index in [4.69, 9.17) is 4.42 Å². The van der Waals surface area contributed by atoms with E-state index in [0.717, 1.165) is 0 Å². The second kappa shape index (κ2) is 7.06.